The summed E-state index contributed by atoms with van der Waals surface area (Å²) in [5.41, 5.74) is 2.56. The van der Waals surface area contributed by atoms with Gasteiger partial charge in [0.15, 0.2) is 0 Å². The van der Waals surface area contributed by atoms with Crippen molar-refractivity contribution >= 4 is 34.1 Å². The van der Waals surface area contributed by atoms with E-state index >= 15 is 0 Å². The molecule has 8 nitrogen and oxygen atoms in total. The van der Waals surface area contributed by atoms with E-state index in [4.69, 9.17) is 4.74 Å². The number of benzene rings is 1. The van der Waals surface area contributed by atoms with Gasteiger partial charge >= 0.3 is 6.03 Å². The van der Waals surface area contributed by atoms with E-state index in [-0.39, 0.29) is 6.03 Å². The molecule has 1 aromatic heterocycles. The summed E-state index contributed by atoms with van der Waals surface area (Å²) in [6, 6.07) is 11.7. The molecule has 1 fully saturated rings. The van der Waals surface area contributed by atoms with Crippen molar-refractivity contribution in [3.05, 3.63) is 71.8 Å². The number of anilines is 2. The Kier molecular flexibility index (Phi) is 9.05. The zero-order valence-corrected chi connectivity index (χ0v) is 21.2. The van der Waals surface area contributed by atoms with Gasteiger partial charge in [-0.05, 0) is 42.8 Å². The maximum absolute atomic E-state index is 12.3. The van der Waals surface area contributed by atoms with Crippen molar-refractivity contribution in [1.82, 2.24) is 20.1 Å². The van der Waals surface area contributed by atoms with Crippen LogP contribution in [0, 0.1) is 0 Å². The van der Waals surface area contributed by atoms with Crippen molar-refractivity contribution in [2.75, 3.05) is 50.0 Å². The molecule has 9 heteroatoms. The molecule has 0 spiro atoms. The van der Waals surface area contributed by atoms with Gasteiger partial charge in [-0.25, -0.2) is 4.79 Å². The summed E-state index contributed by atoms with van der Waals surface area (Å²) in [6.07, 6.45) is 8.83. The molecule has 0 radical (unpaired) electrons. The van der Waals surface area contributed by atoms with Crippen molar-refractivity contribution in [1.29, 1.82) is 0 Å². The van der Waals surface area contributed by atoms with Gasteiger partial charge in [-0.3, -0.25) is 4.98 Å². The monoisotopic (exact) mass is 494 g/mol. The first-order valence-electron chi connectivity index (χ1n) is 12.1. The lowest BCUT2D eigenvalue weighted by Crippen LogP contribution is -2.36. The molecule has 1 saturated heterocycles. The summed E-state index contributed by atoms with van der Waals surface area (Å²) in [5.74, 6) is 0. The van der Waals surface area contributed by atoms with Gasteiger partial charge in [0.05, 0.1) is 18.2 Å². The number of ether oxygens (including phenoxy) is 1. The van der Waals surface area contributed by atoms with Gasteiger partial charge in [0.1, 0.15) is 0 Å². The van der Waals surface area contributed by atoms with Crippen LogP contribution in [-0.4, -0.2) is 66.2 Å². The lowest BCUT2D eigenvalue weighted by molar-refractivity contribution is 0.0571. The molecule has 0 atom stereocenters. The fourth-order valence-electron chi connectivity index (χ4n) is 3.79. The van der Waals surface area contributed by atoms with Gasteiger partial charge in [0.25, 0.3) is 0 Å². The minimum atomic E-state index is -0.283. The zero-order chi connectivity index (χ0) is 24.5. The van der Waals surface area contributed by atoms with Crippen molar-refractivity contribution in [2.24, 2.45) is 0 Å². The number of morpholine rings is 1. The molecule has 0 bridgehead atoms. The largest absolute Gasteiger partial charge is 0.378 e. The third kappa shape index (κ3) is 7.74. The number of urea groups is 1. The molecule has 0 aliphatic carbocycles. The number of aromatic nitrogens is 1. The fourth-order valence-corrected chi connectivity index (χ4v) is 4.95. The predicted octanol–water partition coefficient (Wildman–Crippen LogP) is 4.59. The number of carbonyl (C=O) groups excluding carboxylic acids is 1. The van der Waals surface area contributed by atoms with E-state index < -0.39 is 0 Å². The number of nitrogens with zero attached hydrogens (tertiary/aromatic N) is 3. The Morgan fingerprint density at radius 3 is 2.40 bits per heavy atom. The van der Waals surface area contributed by atoms with Crippen molar-refractivity contribution in [3.8, 4) is 0 Å². The minimum absolute atomic E-state index is 0.283. The topological polar surface area (TPSA) is 81.8 Å². The summed E-state index contributed by atoms with van der Waals surface area (Å²) in [7, 11) is 0. The third-order valence-electron chi connectivity index (χ3n) is 5.61. The molecule has 3 heterocycles. The highest BCUT2D eigenvalue weighted by Crippen LogP contribution is 2.39. The molecule has 1 aromatic carbocycles. The first kappa shape index (κ1) is 25.1. The van der Waals surface area contributed by atoms with Crippen LogP contribution < -0.4 is 16.0 Å². The van der Waals surface area contributed by atoms with E-state index in [2.05, 4.69) is 69.1 Å². The Morgan fingerprint density at radius 1 is 1.03 bits per heavy atom. The van der Waals surface area contributed by atoms with Gasteiger partial charge in [-0.15, -0.1) is 0 Å². The van der Waals surface area contributed by atoms with Crippen LogP contribution in [0.5, 0.6) is 0 Å². The highest BCUT2D eigenvalue weighted by molar-refractivity contribution is 8.11. The molecule has 2 aliphatic rings. The summed E-state index contributed by atoms with van der Waals surface area (Å²) < 4.78 is 5.56. The maximum Gasteiger partial charge on any atom is 0.323 e. The number of rotatable bonds is 9. The smallest absolute Gasteiger partial charge is 0.323 e. The molecule has 4 rings (SSSR count). The predicted molar refractivity (Wildman–Crippen MR) is 144 cm³/mol. The minimum Gasteiger partial charge on any atom is -0.378 e. The summed E-state index contributed by atoms with van der Waals surface area (Å²) in [4.78, 5) is 22.2. The van der Waals surface area contributed by atoms with Crippen molar-refractivity contribution in [3.63, 3.8) is 0 Å². The number of amides is 2. The zero-order valence-electron chi connectivity index (χ0n) is 20.4. The molecule has 186 valence electrons. The van der Waals surface area contributed by atoms with E-state index in [1.165, 1.54) is 9.93 Å². The second-order valence-corrected chi connectivity index (χ2v) is 9.82. The highest BCUT2D eigenvalue weighted by atomic mass is 32.2. The van der Waals surface area contributed by atoms with Gasteiger partial charge in [0, 0.05) is 66.7 Å². The number of carbonyl (C=O) groups is 1. The van der Waals surface area contributed by atoms with Crippen LogP contribution in [0.1, 0.15) is 25.8 Å². The second-order valence-electron chi connectivity index (χ2n) is 8.75. The Balaban J connectivity index is 1.41. The molecule has 2 amide bonds. The van der Waals surface area contributed by atoms with Gasteiger partial charge < -0.3 is 30.5 Å². The van der Waals surface area contributed by atoms with E-state index in [0.29, 0.717) is 11.7 Å². The van der Waals surface area contributed by atoms with Crippen LogP contribution in [-0.2, 0) is 4.74 Å². The van der Waals surface area contributed by atoms with Crippen LogP contribution in [0.25, 0.3) is 4.91 Å². The number of hydrogen-bond donors (Lipinski definition) is 3. The summed E-state index contributed by atoms with van der Waals surface area (Å²) in [5, 5.41) is 10.4. The quantitative estimate of drug-likeness (QED) is 0.440. The average Bonchev–Trinajstić information content (AvgIpc) is 2.88. The molecule has 0 unspecified atom stereocenters. The van der Waals surface area contributed by atoms with E-state index in [0.717, 1.165) is 57.1 Å². The van der Waals surface area contributed by atoms with Crippen LogP contribution in [0.2, 0.25) is 0 Å². The van der Waals surface area contributed by atoms with Crippen LogP contribution in [0.4, 0.5) is 16.2 Å². The van der Waals surface area contributed by atoms with Crippen LogP contribution >= 0.6 is 11.8 Å². The van der Waals surface area contributed by atoms with Crippen LogP contribution in [0.15, 0.2) is 66.2 Å². The van der Waals surface area contributed by atoms with Crippen molar-refractivity contribution < 1.29 is 9.53 Å². The van der Waals surface area contributed by atoms with Crippen molar-refractivity contribution in [2.45, 2.75) is 26.3 Å². The Bertz CT molecular complexity index is 1020. The lowest BCUT2D eigenvalue weighted by Gasteiger charge is -2.34. The number of thioether (sulfide) groups is 1. The fraction of sp³-hybridized carbons (Fsp3) is 0.385. The van der Waals surface area contributed by atoms with E-state index in [1.54, 1.807) is 36.3 Å². The van der Waals surface area contributed by atoms with Gasteiger partial charge in [-0.2, -0.15) is 0 Å². The molecule has 2 aromatic rings. The summed E-state index contributed by atoms with van der Waals surface area (Å²) >= 11 is 1.79. The molecular formula is C26H34N6O2S. The standard InChI is InChI=1S/C26H34N6O2S/c1-20(2)28-10-3-13-31-18-24(35-25(19-31)32-14-16-34-17-15-32)21-4-6-22(7-5-21)29-26(33)30-23-8-11-27-12-9-23/h4-9,11-12,18-20,28H,3,10,13-17H2,1-2H3,(H2,27,29,30,33). The first-order valence-corrected chi connectivity index (χ1v) is 12.9. The number of nitrogens with one attached hydrogen (secondary N) is 3. The lowest BCUT2D eigenvalue weighted by atomic mass is 10.2. The van der Waals surface area contributed by atoms with E-state index in [1.807, 2.05) is 12.1 Å². The molecule has 35 heavy (non-hydrogen) atoms. The average molecular weight is 495 g/mol. The van der Waals surface area contributed by atoms with Gasteiger partial charge in [0.2, 0.25) is 0 Å². The summed E-state index contributed by atoms with van der Waals surface area (Å²) in [6.45, 7) is 9.63. The number of pyridine rings is 1. The Labute approximate surface area is 211 Å². The molecule has 0 saturated carbocycles. The van der Waals surface area contributed by atoms with E-state index in [9.17, 15) is 4.79 Å². The second kappa shape index (κ2) is 12.6. The molecular weight excluding hydrogens is 460 g/mol. The highest BCUT2D eigenvalue weighted by Gasteiger charge is 2.21. The SMILES string of the molecule is CC(C)NCCCN1C=C(c2ccc(NC(=O)Nc3ccncc3)cc2)SC(N2CCOCC2)=C1. The number of hydrogen-bond acceptors (Lipinski definition) is 7. The normalized spacial score (nSPS) is 16.1. The van der Waals surface area contributed by atoms with Gasteiger partial charge in [-0.1, -0.05) is 37.7 Å². The maximum atomic E-state index is 12.3. The Morgan fingerprint density at radius 2 is 1.71 bits per heavy atom. The first-order chi connectivity index (χ1) is 17.1. The Hall–Kier alpha value is -3.01. The molecule has 2 aliphatic heterocycles. The molecule has 3 N–H and O–H groups in total. The van der Waals surface area contributed by atoms with Crippen LogP contribution in [0.3, 0.4) is 0 Å². The third-order valence-corrected chi connectivity index (χ3v) is 6.74.